The first kappa shape index (κ1) is 18.2. The average molecular weight is 395 g/mol. The van der Waals surface area contributed by atoms with E-state index >= 15 is 0 Å². The summed E-state index contributed by atoms with van der Waals surface area (Å²) in [6.45, 7) is 0.0396. The van der Waals surface area contributed by atoms with E-state index in [0.29, 0.717) is 29.2 Å². The third-order valence-electron chi connectivity index (χ3n) is 4.49. The largest absolute Gasteiger partial charge is 0.495 e. The first-order valence-corrected chi connectivity index (χ1v) is 9.64. The van der Waals surface area contributed by atoms with Gasteiger partial charge in [0, 0.05) is 16.1 Å². The smallest absolute Gasteiger partial charge is 0.261 e. The maximum Gasteiger partial charge on any atom is 0.261 e. The van der Waals surface area contributed by atoms with E-state index in [1.165, 1.54) is 18.4 Å². The number of alkyl halides is 1. The summed E-state index contributed by atoms with van der Waals surface area (Å²) in [4.78, 5) is 12.7. The van der Waals surface area contributed by atoms with Crippen molar-refractivity contribution < 1.29 is 13.9 Å². The molecule has 0 bridgehead atoms. The molecule has 4 rings (SSSR count). The molecule has 0 saturated carbocycles. The van der Waals surface area contributed by atoms with Gasteiger partial charge in [-0.25, -0.2) is 4.39 Å². The molecule has 0 saturated heterocycles. The minimum Gasteiger partial charge on any atom is -0.495 e. The van der Waals surface area contributed by atoms with Crippen LogP contribution >= 0.6 is 11.3 Å². The van der Waals surface area contributed by atoms with Crippen molar-refractivity contribution in [3.63, 3.8) is 0 Å². The summed E-state index contributed by atoms with van der Waals surface area (Å²) in [6.07, 6.45) is 0. The van der Waals surface area contributed by atoms with Crippen LogP contribution in [0.2, 0.25) is 0 Å². The van der Waals surface area contributed by atoms with Gasteiger partial charge in [-0.15, -0.1) is 11.3 Å². The van der Waals surface area contributed by atoms with Gasteiger partial charge in [0.25, 0.3) is 5.91 Å². The highest BCUT2D eigenvalue weighted by atomic mass is 32.1. The maximum atomic E-state index is 12.7. The molecule has 0 unspecified atom stereocenters. The van der Waals surface area contributed by atoms with Gasteiger partial charge in [0.15, 0.2) is 5.82 Å². The first-order chi connectivity index (χ1) is 13.7. The van der Waals surface area contributed by atoms with Gasteiger partial charge in [-0.3, -0.25) is 9.48 Å². The topological polar surface area (TPSA) is 56.1 Å². The number of hydrogen-bond acceptors (Lipinski definition) is 4. The molecule has 0 aliphatic heterocycles. The molecule has 2 aromatic heterocycles. The molecule has 2 heterocycles. The van der Waals surface area contributed by atoms with Crippen LogP contribution in [0, 0.1) is 0 Å². The van der Waals surface area contributed by atoms with Crippen molar-refractivity contribution in [1.29, 1.82) is 0 Å². The molecule has 0 atom stereocenters. The number of rotatable bonds is 6. The van der Waals surface area contributed by atoms with Gasteiger partial charge >= 0.3 is 0 Å². The van der Waals surface area contributed by atoms with Crippen LogP contribution in [0.5, 0.6) is 5.75 Å². The van der Waals surface area contributed by atoms with Crippen molar-refractivity contribution in [2.45, 2.75) is 13.2 Å². The third kappa shape index (κ3) is 3.48. The Kier molecular flexibility index (Phi) is 5.08. The lowest BCUT2D eigenvalue weighted by atomic mass is 10.1. The number of methoxy groups -OCH3 is 1. The predicted octanol–water partition coefficient (Wildman–Crippen LogP) is 4.88. The molecule has 7 heteroatoms. The molecule has 0 aliphatic rings. The van der Waals surface area contributed by atoms with Gasteiger partial charge < -0.3 is 10.1 Å². The second-order valence-electron chi connectivity index (χ2n) is 6.28. The Balaban J connectivity index is 1.65. The van der Waals surface area contributed by atoms with E-state index in [1.54, 1.807) is 22.9 Å². The van der Waals surface area contributed by atoms with Crippen LogP contribution < -0.4 is 10.1 Å². The normalized spacial score (nSPS) is 10.9. The van der Waals surface area contributed by atoms with E-state index < -0.39 is 6.67 Å². The number of thiophene rings is 1. The molecular weight excluding hydrogens is 377 g/mol. The van der Waals surface area contributed by atoms with Crippen molar-refractivity contribution in [3.8, 4) is 5.75 Å². The highest BCUT2D eigenvalue weighted by molar-refractivity contribution is 7.08. The maximum absolute atomic E-state index is 12.7. The third-order valence-corrected chi connectivity index (χ3v) is 5.21. The fraction of sp³-hybridized carbons (Fsp3) is 0.143. The molecule has 0 fully saturated rings. The van der Waals surface area contributed by atoms with E-state index in [9.17, 15) is 9.18 Å². The van der Waals surface area contributed by atoms with Gasteiger partial charge in [0.05, 0.1) is 24.7 Å². The van der Waals surface area contributed by atoms with E-state index in [-0.39, 0.29) is 5.91 Å². The number of carbonyl (C=O) groups is 1. The van der Waals surface area contributed by atoms with Crippen LogP contribution in [-0.2, 0) is 13.2 Å². The van der Waals surface area contributed by atoms with Crippen molar-refractivity contribution in [3.05, 3.63) is 76.0 Å². The molecule has 28 heavy (non-hydrogen) atoms. The standard InChI is InChI=1S/C21H18FN3O2S/c1-27-19-13-28-12-17(19)21(26)23-20-16-4-2-3-5-18(16)25(24-20)11-15-8-6-14(10-22)7-9-15/h2-9,12-13H,10-11H2,1H3,(H,23,24,26). The summed E-state index contributed by atoms with van der Waals surface area (Å²) in [6, 6.07) is 15.0. The Hall–Kier alpha value is -3.19. The zero-order valence-corrected chi connectivity index (χ0v) is 16.0. The van der Waals surface area contributed by atoms with Gasteiger partial charge in [0.2, 0.25) is 0 Å². The number of hydrogen-bond donors (Lipinski definition) is 1. The molecule has 0 radical (unpaired) electrons. The summed E-state index contributed by atoms with van der Waals surface area (Å²) >= 11 is 1.41. The molecule has 142 valence electrons. The molecule has 2 aromatic carbocycles. The van der Waals surface area contributed by atoms with Gasteiger partial charge in [-0.05, 0) is 23.3 Å². The zero-order chi connectivity index (χ0) is 19.5. The minimum atomic E-state index is -0.479. The number of benzene rings is 2. The van der Waals surface area contributed by atoms with E-state index in [1.807, 2.05) is 41.1 Å². The molecule has 0 spiro atoms. The lowest BCUT2D eigenvalue weighted by molar-refractivity contribution is 0.102. The lowest BCUT2D eigenvalue weighted by Crippen LogP contribution is -2.13. The number of halogens is 1. The summed E-state index contributed by atoms with van der Waals surface area (Å²) in [7, 11) is 1.54. The van der Waals surface area contributed by atoms with Crippen molar-refractivity contribution in [1.82, 2.24) is 9.78 Å². The van der Waals surface area contributed by atoms with Gasteiger partial charge in [-0.1, -0.05) is 36.4 Å². The highest BCUT2D eigenvalue weighted by Crippen LogP contribution is 2.27. The Labute approximate surface area is 165 Å². The first-order valence-electron chi connectivity index (χ1n) is 8.70. The van der Waals surface area contributed by atoms with E-state index in [2.05, 4.69) is 10.4 Å². The average Bonchev–Trinajstić information content (AvgIpc) is 3.34. The van der Waals surface area contributed by atoms with E-state index in [4.69, 9.17) is 4.74 Å². The Morgan fingerprint density at radius 3 is 2.64 bits per heavy atom. The second-order valence-corrected chi connectivity index (χ2v) is 7.03. The summed E-state index contributed by atoms with van der Waals surface area (Å²) < 4.78 is 19.8. The number of aromatic nitrogens is 2. The van der Waals surface area contributed by atoms with Crippen molar-refractivity contribution in [2.24, 2.45) is 0 Å². The van der Waals surface area contributed by atoms with Crippen LogP contribution in [0.1, 0.15) is 21.5 Å². The number of amides is 1. The number of para-hydroxylation sites is 1. The van der Waals surface area contributed by atoms with Crippen LogP contribution in [0.25, 0.3) is 10.9 Å². The second kappa shape index (κ2) is 7.82. The molecule has 1 N–H and O–H groups in total. The van der Waals surface area contributed by atoms with Crippen molar-refractivity contribution >= 4 is 34.0 Å². The minimum absolute atomic E-state index is 0.263. The monoisotopic (exact) mass is 395 g/mol. The molecule has 4 aromatic rings. The molecule has 0 aliphatic carbocycles. The van der Waals surface area contributed by atoms with Crippen LogP contribution in [0.15, 0.2) is 59.3 Å². The lowest BCUT2D eigenvalue weighted by Gasteiger charge is -2.05. The molecule has 5 nitrogen and oxygen atoms in total. The molecular formula is C21H18FN3O2S. The zero-order valence-electron chi connectivity index (χ0n) is 15.2. The molecule has 1 amide bonds. The SMILES string of the molecule is COc1cscc1C(=O)Nc1nn(Cc2ccc(CF)cc2)c2ccccc12. The fourth-order valence-corrected chi connectivity index (χ4v) is 3.80. The Morgan fingerprint density at radius 1 is 1.14 bits per heavy atom. The summed E-state index contributed by atoms with van der Waals surface area (Å²) in [5.74, 6) is 0.772. The number of fused-ring (bicyclic) bond motifs is 1. The van der Waals surface area contributed by atoms with Crippen LogP contribution in [0.3, 0.4) is 0 Å². The Morgan fingerprint density at radius 2 is 1.89 bits per heavy atom. The highest BCUT2D eigenvalue weighted by Gasteiger charge is 2.17. The Bertz CT molecular complexity index is 1120. The van der Waals surface area contributed by atoms with E-state index in [0.717, 1.165) is 16.5 Å². The van der Waals surface area contributed by atoms with Gasteiger partial charge in [0.1, 0.15) is 12.4 Å². The number of nitrogens with one attached hydrogen (secondary N) is 1. The van der Waals surface area contributed by atoms with Crippen LogP contribution in [0.4, 0.5) is 10.2 Å². The van der Waals surface area contributed by atoms with Crippen molar-refractivity contribution in [2.75, 3.05) is 12.4 Å². The number of ether oxygens (including phenoxy) is 1. The summed E-state index contributed by atoms with van der Waals surface area (Å²) in [5.41, 5.74) is 3.03. The van der Waals surface area contributed by atoms with Gasteiger partial charge in [-0.2, -0.15) is 5.10 Å². The number of carbonyl (C=O) groups excluding carboxylic acids is 1. The summed E-state index contributed by atoms with van der Waals surface area (Å²) in [5, 5.41) is 11.9. The number of anilines is 1. The quantitative estimate of drug-likeness (QED) is 0.506. The number of nitrogens with zero attached hydrogens (tertiary/aromatic N) is 2. The fourth-order valence-electron chi connectivity index (χ4n) is 3.03. The van der Waals surface area contributed by atoms with Crippen LogP contribution in [-0.4, -0.2) is 22.8 Å². The predicted molar refractivity (Wildman–Crippen MR) is 109 cm³/mol.